The van der Waals surface area contributed by atoms with Crippen LogP contribution in [0.1, 0.15) is 31.9 Å². The molecular weight excluding hydrogens is 298 g/mol. The van der Waals surface area contributed by atoms with Crippen LogP contribution in [0.25, 0.3) is 0 Å². The number of amides is 2. The second kappa shape index (κ2) is 6.71. The molecule has 3 N–H and O–H groups in total. The number of carbonyl (C=O) groups excluding carboxylic acids is 2. The van der Waals surface area contributed by atoms with Gasteiger partial charge in [0.05, 0.1) is 6.04 Å². The van der Waals surface area contributed by atoms with Crippen LogP contribution in [0.3, 0.4) is 0 Å². The zero-order valence-corrected chi connectivity index (χ0v) is 14.9. The highest BCUT2D eigenvalue weighted by Gasteiger charge is 2.31. The minimum absolute atomic E-state index is 0.126. The molecule has 122 valence electrons. The molecule has 0 saturated heterocycles. The number of nitrogens with one attached hydrogen (secondary N) is 1. The molecular formula is C16H25N3O2S. The van der Waals surface area contributed by atoms with E-state index in [4.69, 9.17) is 5.73 Å². The van der Waals surface area contributed by atoms with Crippen molar-refractivity contribution in [1.82, 2.24) is 0 Å². The summed E-state index contributed by atoms with van der Waals surface area (Å²) in [6.07, 6.45) is 0. The molecule has 0 aliphatic rings. The van der Waals surface area contributed by atoms with Gasteiger partial charge in [-0.3, -0.25) is 9.59 Å². The van der Waals surface area contributed by atoms with E-state index in [1.165, 1.54) is 6.92 Å². The van der Waals surface area contributed by atoms with Crippen LogP contribution in [0.4, 0.5) is 11.4 Å². The number of anilines is 2. The van der Waals surface area contributed by atoms with Crippen molar-refractivity contribution in [2.24, 2.45) is 5.73 Å². The average Bonchev–Trinajstić information content (AvgIpc) is 2.40. The lowest BCUT2D eigenvalue weighted by Crippen LogP contribution is -2.51. The molecule has 0 spiro atoms. The number of hydrogen-bond acceptors (Lipinski definition) is 4. The van der Waals surface area contributed by atoms with Crippen molar-refractivity contribution >= 4 is 35.8 Å². The Morgan fingerprint density at radius 3 is 2.27 bits per heavy atom. The highest BCUT2D eigenvalue weighted by atomic mass is 32.1. The second-order valence-electron chi connectivity index (χ2n) is 6.09. The van der Waals surface area contributed by atoms with Gasteiger partial charge >= 0.3 is 0 Å². The molecule has 6 heteroatoms. The van der Waals surface area contributed by atoms with Crippen LogP contribution in [-0.2, 0) is 9.59 Å². The Hall–Kier alpha value is -1.53. The van der Waals surface area contributed by atoms with Gasteiger partial charge in [-0.2, -0.15) is 12.6 Å². The van der Waals surface area contributed by atoms with Crippen molar-refractivity contribution in [3.05, 3.63) is 23.3 Å². The van der Waals surface area contributed by atoms with Crippen LogP contribution < -0.4 is 16.0 Å². The second-order valence-corrected chi connectivity index (χ2v) is 7.24. The lowest BCUT2D eigenvalue weighted by molar-refractivity contribution is -0.120. The predicted octanol–water partition coefficient (Wildman–Crippen LogP) is 2.26. The van der Waals surface area contributed by atoms with E-state index in [-0.39, 0.29) is 11.8 Å². The van der Waals surface area contributed by atoms with Crippen molar-refractivity contribution < 1.29 is 9.59 Å². The Labute approximate surface area is 137 Å². The van der Waals surface area contributed by atoms with Gasteiger partial charge in [0.15, 0.2) is 0 Å². The SMILES string of the molecule is CC(=O)Nc1ccc(N(C)C(=O)[C@@H](N)C(C)(C)S)c(C)c1C. The molecule has 0 aliphatic carbocycles. The van der Waals surface area contributed by atoms with E-state index in [0.29, 0.717) is 0 Å². The van der Waals surface area contributed by atoms with Crippen LogP contribution in [0, 0.1) is 13.8 Å². The summed E-state index contributed by atoms with van der Waals surface area (Å²) in [6.45, 7) is 8.91. The topological polar surface area (TPSA) is 75.4 Å². The number of likely N-dealkylation sites (N-methyl/N-ethyl adjacent to an activating group) is 1. The van der Waals surface area contributed by atoms with Crippen molar-refractivity contribution in [1.29, 1.82) is 0 Å². The number of nitrogens with two attached hydrogens (primary N) is 1. The fourth-order valence-corrected chi connectivity index (χ4v) is 2.23. The smallest absolute Gasteiger partial charge is 0.245 e. The lowest BCUT2D eigenvalue weighted by atomic mass is 10.0. The number of hydrogen-bond donors (Lipinski definition) is 3. The third-order valence-electron chi connectivity index (χ3n) is 3.79. The van der Waals surface area contributed by atoms with Gasteiger partial charge in [0, 0.05) is 30.1 Å². The van der Waals surface area contributed by atoms with E-state index < -0.39 is 10.8 Å². The van der Waals surface area contributed by atoms with Gasteiger partial charge in [0.25, 0.3) is 0 Å². The number of rotatable bonds is 4. The Bertz CT molecular complexity index is 594. The molecule has 1 aromatic carbocycles. The van der Waals surface area contributed by atoms with Gasteiger partial charge in [-0.1, -0.05) is 0 Å². The molecule has 0 heterocycles. The van der Waals surface area contributed by atoms with Crippen LogP contribution in [0.2, 0.25) is 0 Å². The van der Waals surface area contributed by atoms with E-state index >= 15 is 0 Å². The largest absolute Gasteiger partial charge is 0.326 e. The first-order chi connectivity index (χ1) is 9.96. The Kier molecular flexibility index (Phi) is 5.65. The van der Waals surface area contributed by atoms with E-state index in [9.17, 15) is 9.59 Å². The van der Waals surface area contributed by atoms with Gasteiger partial charge in [-0.25, -0.2) is 0 Å². The van der Waals surface area contributed by atoms with E-state index in [1.807, 2.05) is 33.8 Å². The molecule has 0 aliphatic heterocycles. The highest BCUT2D eigenvalue weighted by Crippen LogP contribution is 2.29. The molecule has 2 amide bonds. The first kappa shape index (κ1) is 18.5. The van der Waals surface area contributed by atoms with Gasteiger partial charge in [-0.15, -0.1) is 0 Å². The lowest BCUT2D eigenvalue weighted by Gasteiger charge is -2.30. The average molecular weight is 323 g/mol. The van der Waals surface area contributed by atoms with Gasteiger partial charge < -0.3 is 16.0 Å². The van der Waals surface area contributed by atoms with Gasteiger partial charge in [-0.05, 0) is 51.0 Å². The fraction of sp³-hybridized carbons (Fsp3) is 0.500. The first-order valence-electron chi connectivity index (χ1n) is 7.10. The monoisotopic (exact) mass is 323 g/mol. The van der Waals surface area contributed by atoms with E-state index in [0.717, 1.165) is 22.5 Å². The number of thiol groups is 1. The van der Waals surface area contributed by atoms with Crippen molar-refractivity contribution in [2.75, 3.05) is 17.3 Å². The minimum atomic E-state index is -0.712. The quantitative estimate of drug-likeness (QED) is 0.744. The third kappa shape index (κ3) is 4.01. The summed E-state index contributed by atoms with van der Waals surface area (Å²) in [5.74, 6) is -0.326. The normalized spacial score (nSPS) is 12.7. The molecule has 0 fully saturated rings. The zero-order valence-electron chi connectivity index (χ0n) is 14.0. The maximum Gasteiger partial charge on any atom is 0.245 e. The summed E-state index contributed by atoms with van der Waals surface area (Å²) in [7, 11) is 1.70. The highest BCUT2D eigenvalue weighted by molar-refractivity contribution is 7.81. The molecule has 22 heavy (non-hydrogen) atoms. The first-order valence-corrected chi connectivity index (χ1v) is 7.54. The van der Waals surface area contributed by atoms with Crippen LogP contribution in [0.15, 0.2) is 12.1 Å². The molecule has 0 bridgehead atoms. The molecule has 1 atom stereocenters. The summed E-state index contributed by atoms with van der Waals surface area (Å²) in [4.78, 5) is 25.2. The molecule has 5 nitrogen and oxygen atoms in total. The molecule has 0 saturated carbocycles. The summed E-state index contributed by atoms with van der Waals surface area (Å²) in [5, 5.41) is 2.78. The Balaban J connectivity index is 3.15. The van der Waals surface area contributed by atoms with Crippen molar-refractivity contribution in [3.8, 4) is 0 Å². The predicted molar refractivity (Wildman–Crippen MR) is 94.7 cm³/mol. The summed E-state index contributed by atoms with van der Waals surface area (Å²) < 4.78 is -0.607. The third-order valence-corrected chi connectivity index (χ3v) is 4.07. The molecule has 0 unspecified atom stereocenters. The molecule has 0 aromatic heterocycles. The maximum absolute atomic E-state index is 12.5. The molecule has 1 rings (SSSR count). The minimum Gasteiger partial charge on any atom is -0.326 e. The summed E-state index contributed by atoms with van der Waals surface area (Å²) in [6, 6.07) is 2.89. The van der Waals surface area contributed by atoms with Crippen molar-refractivity contribution in [3.63, 3.8) is 0 Å². The van der Waals surface area contributed by atoms with Crippen LogP contribution >= 0.6 is 12.6 Å². The molecule has 1 aromatic rings. The van der Waals surface area contributed by atoms with Crippen LogP contribution in [-0.4, -0.2) is 29.7 Å². The maximum atomic E-state index is 12.5. The summed E-state index contributed by atoms with van der Waals surface area (Å²) >= 11 is 4.38. The van der Waals surface area contributed by atoms with E-state index in [2.05, 4.69) is 17.9 Å². The Morgan fingerprint density at radius 2 is 1.82 bits per heavy atom. The zero-order chi connectivity index (χ0) is 17.2. The van der Waals surface area contributed by atoms with E-state index in [1.54, 1.807) is 18.0 Å². The van der Waals surface area contributed by atoms with Crippen LogP contribution in [0.5, 0.6) is 0 Å². The number of nitrogens with zero attached hydrogens (tertiary/aromatic N) is 1. The van der Waals surface area contributed by atoms with Gasteiger partial charge in [0.1, 0.15) is 0 Å². The molecule has 0 radical (unpaired) electrons. The fourth-order valence-electron chi connectivity index (χ4n) is 2.12. The van der Waals surface area contributed by atoms with Crippen molar-refractivity contribution in [2.45, 2.75) is 45.4 Å². The number of carbonyl (C=O) groups is 2. The standard InChI is InChI=1S/C16H25N3O2S/c1-9-10(2)13(8-7-12(9)18-11(3)20)19(6)15(21)14(17)16(4,5)22/h7-8,14,22H,17H2,1-6H3,(H,18,20)/t14-/m1/s1. The summed E-state index contributed by atoms with van der Waals surface area (Å²) in [5.41, 5.74) is 9.35. The number of benzene rings is 1. The van der Waals surface area contributed by atoms with Gasteiger partial charge in [0.2, 0.25) is 11.8 Å². The Morgan fingerprint density at radius 1 is 1.27 bits per heavy atom.